The average Bonchev–Trinajstić information content (AvgIpc) is 2.32. The summed E-state index contributed by atoms with van der Waals surface area (Å²) in [6, 6.07) is 4.24. The maximum absolute atomic E-state index is 13.4. The van der Waals surface area contributed by atoms with Crippen LogP contribution in [-0.4, -0.2) is 11.9 Å². The Balaban J connectivity index is 2.67. The van der Waals surface area contributed by atoms with E-state index in [0.717, 1.165) is 12.0 Å². The van der Waals surface area contributed by atoms with E-state index in [0.29, 0.717) is 12.0 Å². The molecule has 1 aromatic carbocycles. The van der Waals surface area contributed by atoms with E-state index < -0.39 is 6.04 Å². The zero-order valence-electron chi connectivity index (χ0n) is 11.2. The molecule has 1 unspecified atom stereocenters. The van der Waals surface area contributed by atoms with Crippen molar-refractivity contribution in [1.29, 1.82) is 0 Å². The second-order valence-electron chi connectivity index (χ2n) is 4.63. The molecule has 2 atom stereocenters. The SMILES string of the molecule is CCC[C@H](N)C(=O)NC(C)c1ccc(C)c(F)c1. The van der Waals surface area contributed by atoms with Crippen molar-refractivity contribution in [2.24, 2.45) is 5.73 Å². The van der Waals surface area contributed by atoms with E-state index in [9.17, 15) is 9.18 Å². The number of halogens is 1. The fourth-order valence-electron chi connectivity index (χ4n) is 1.72. The van der Waals surface area contributed by atoms with Gasteiger partial charge in [-0.3, -0.25) is 4.79 Å². The predicted octanol–water partition coefficient (Wildman–Crippen LogP) is 2.44. The summed E-state index contributed by atoms with van der Waals surface area (Å²) in [5.74, 6) is -0.447. The average molecular weight is 252 g/mol. The first-order valence-electron chi connectivity index (χ1n) is 6.27. The van der Waals surface area contributed by atoms with Gasteiger partial charge in [0.1, 0.15) is 5.82 Å². The second kappa shape index (κ2) is 6.50. The highest BCUT2D eigenvalue weighted by molar-refractivity contribution is 5.81. The van der Waals surface area contributed by atoms with Gasteiger partial charge >= 0.3 is 0 Å². The molecule has 0 heterocycles. The van der Waals surface area contributed by atoms with Crippen molar-refractivity contribution in [3.8, 4) is 0 Å². The number of hydrogen-bond donors (Lipinski definition) is 2. The fraction of sp³-hybridized carbons (Fsp3) is 0.500. The maximum Gasteiger partial charge on any atom is 0.237 e. The lowest BCUT2D eigenvalue weighted by Gasteiger charge is -2.18. The third-order valence-electron chi connectivity index (χ3n) is 2.99. The van der Waals surface area contributed by atoms with Gasteiger partial charge < -0.3 is 11.1 Å². The molecule has 0 spiro atoms. The molecule has 4 heteroatoms. The number of rotatable bonds is 5. The number of carbonyl (C=O) groups is 1. The summed E-state index contributed by atoms with van der Waals surface area (Å²) in [7, 11) is 0. The topological polar surface area (TPSA) is 55.1 Å². The van der Waals surface area contributed by atoms with Gasteiger partial charge in [-0.05, 0) is 37.5 Å². The Bertz CT molecular complexity index is 420. The fourth-order valence-corrected chi connectivity index (χ4v) is 1.72. The summed E-state index contributed by atoms with van der Waals surface area (Å²) in [6.07, 6.45) is 1.52. The molecule has 3 nitrogen and oxygen atoms in total. The molecule has 0 bridgehead atoms. The van der Waals surface area contributed by atoms with Gasteiger partial charge in [0.2, 0.25) is 5.91 Å². The normalized spacial score (nSPS) is 14.1. The van der Waals surface area contributed by atoms with Gasteiger partial charge in [0, 0.05) is 0 Å². The van der Waals surface area contributed by atoms with Crippen LogP contribution in [0.25, 0.3) is 0 Å². The van der Waals surface area contributed by atoms with Crippen LogP contribution in [0.1, 0.15) is 43.9 Å². The first-order chi connectivity index (χ1) is 8.45. The molecule has 1 aromatic rings. The second-order valence-corrected chi connectivity index (χ2v) is 4.63. The van der Waals surface area contributed by atoms with Crippen molar-refractivity contribution in [3.63, 3.8) is 0 Å². The van der Waals surface area contributed by atoms with E-state index in [1.807, 2.05) is 19.9 Å². The monoisotopic (exact) mass is 252 g/mol. The maximum atomic E-state index is 13.4. The lowest BCUT2D eigenvalue weighted by Crippen LogP contribution is -2.41. The molecule has 3 N–H and O–H groups in total. The van der Waals surface area contributed by atoms with E-state index in [2.05, 4.69) is 5.32 Å². The van der Waals surface area contributed by atoms with E-state index in [4.69, 9.17) is 5.73 Å². The summed E-state index contributed by atoms with van der Waals surface area (Å²) in [5, 5.41) is 2.80. The van der Waals surface area contributed by atoms with Crippen molar-refractivity contribution < 1.29 is 9.18 Å². The van der Waals surface area contributed by atoms with Crippen molar-refractivity contribution >= 4 is 5.91 Å². The van der Waals surface area contributed by atoms with E-state index in [1.165, 1.54) is 6.07 Å². The molecule has 18 heavy (non-hydrogen) atoms. The molecule has 0 saturated heterocycles. The molecule has 0 aliphatic rings. The molecule has 0 aromatic heterocycles. The van der Waals surface area contributed by atoms with Crippen molar-refractivity contribution in [1.82, 2.24) is 5.32 Å². The largest absolute Gasteiger partial charge is 0.348 e. The summed E-state index contributed by atoms with van der Waals surface area (Å²) in [4.78, 5) is 11.7. The minimum atomic E-state index is -0.493. The third-order valence-corrected chi connectivity index (χ3v) is 2.99. The molecule has 100 valence electrons. The van der Waals surface area contributed by atoms with Crippen LogP contribution in [0, 0.1) is 12.7 Å². The van der Waals surface area contributed by atoms with Crippen LogP contribution in [0.4, 0.5) is 4.39 Å². The van der Waals surface area contributed by atoms with Gasteiger partial charge in [0.05, 0.1) is 12.1 Å². The molecule has 0 saturated carbocycles. The van der Waals surface area contributed by atoms with Gasteiger partial charge in [-0.2, -0.15) is 0 Å². The molecule has 0 radical (unpaired) electrons. The Labute approximate surface area is 108 Å². The number of nitrogens with two attached hydrogens (primary N) is 1. The summed E-state index contributed by atoms with van der Waals surface area (Å²) < 4.78 is 13.4. The lowest BCUT2D eigenvalue weighted by molar-refractivity contribution is -0.123. The molecule has 0 aliphatic heterocycles. The molecule has 1 rings (SSSR count). The minimum absolute atomic E-state index is 0.190. The lowest BCUT2D eigenvalue weighted by atomic mass is 10.1. The number of benzene rings is 1. The number of nitrogens with one attached hydrogen (secondary N) is 1. The standard InChI is InChI=1S/C14H21FN2O/c1-4-5-13(16)14(18)17-10(3)11-7-6-9(2)12(15)8-11/h6-8,10,13H,4-5,16H2,1-3H3,(H,17,18)/t10?,13-/m0/s1. The van der Waals surface area contributed by atoms with Crippen molar-refractivity contribution in [3.05, 3.63) is 35.1 Å². The highest BCUT2D eigenvalue weighted by Crippen LogP contribution is 2.16. The van der Waals surface area contributed by atoms with Crippen LogP contribution in [0.3, 0.4) is 0 Å². The Kier molecular flexibility index (Phi) is 5.28. The van der Waals surface area contributed by atoms with Crippen LogP contribution in [0.5, 0.6) is 0 Å². The van der Waals surface area contributed by atoms with Gasteiger partial charge in [0.25, 0.3) is 0 Å². The number of amides is 1. The molecular formula is C14H21FN2O. The van der Waals surface area contributed by atoms with Crippen molar-refractivity contribution in [2.75, 3.05) is 0 Å². The number of carbonyl (C=O) groups excluding carboxylic acids is 1. The smallest absolute Gasteiger partial charge is 0.237 e. The Morgan fingerprint density at radius 2 is 2.17 bits per heavy atom. The zero-order chi connectivity index (χ0) is 13.7. The molecule has 0 fully saturated rings. The van der Waals surface area contributed by atoms with Gasteiger partial charge in [-0.1, -0.05) is 25.5 Å². The summed E-state index contributed by atoms with van der Waals surface area (Å²) in [5.41, 5.74) is 7.06. The summed E-state index contributed by atoms with van der Waals surface area (Å²) in [6.45, 7) is 5.51. The third kappa shape index (κ3) is 3.81. The van der Waals surface area contributed by atoms with E-state index in [-0.39, 0.29) is 17.8 Å². The highest BCUT2D eigenvalue weighted by atomic mass is 19.1. The summed E-state index contributed by atoms with van der Waals surface area (Å²) >= 11 is 0. The Morgan fingerprint density at radius 1 is 1.50 bits per heavy atom. The van der Waals surface area contributed by atoms with Crippen LogP contribution in [0.15, 0.2) is 18.2 Å². The number of hydrogen-bond acceptors (Lipinski definition) is 2. The Morgan fingerprint density at radius 3 is 2.72 bits per heavy atom. The first kappa shape index (κ1) is 14.6. The van der Waals surface area contributed by atoms with Gasteiger partial charge in [-0.25, -0.2) is 4.39 Å². The Hall–Kier alpha value is -1.42. The van der Waals surface area contributed by atoms with Crippen molar-refractivity contribution in [2.45, 2.75) is 45.7 Å². The van der Waals surface area contributed by atoms with E-state index >= 15 is 0 Å². The van der Waals surface area contributed by atoms with E-state index in [1.54, 1.807) is 13.0 Å². The quantitative estimate of drug-likeness (QED) is 0.845. The van der Waals surface area contributed by atoms with Crippen LogP contribution >= 0.6 is 0 Å². The minimum Gasteiger partial charge on any atom is -0.348 e. The molecule has 1 amide bonds. The van der Waals surface area contributed by atoms with Crippen LogP contribution in [-0.2, 0) is 4.79 Å². The zero-order valence-corrected chi connectivity index (χ0v) is 11.2. The van der Waals surface area contributed by atoms with Gasteiger partial charge in [-0.15, -0.1) is 0 Å². The van der Waals surface area contributed by atoms with Crippen LogP contribution < -0.4 is 11.1 Å². The first-order valence-corrected chi connectivity index (χ1v) is 6.27. The highest BCUT2D eigenvalue weighted by Gasteiger charge is 2.16. The van der Waals surface area contributed by atoms with Gasteiger partial charge in [0.15, 0.2) is 0 Å². The number of aryl methyl sites for hydroxylation is 1. The molecule has 0 aliphatic carbocycles. The molecular weight excluding hydrogens is 231 g/mol. The van der Waals surface area contributed by atoms with Crippen LogP contribution in [0.2, 0.25) is 0 Å². The predicted molar refractivity (Wildman–Crippen MR) is 70.6 cm³/mol.